The van der Waals surface area contributed by atoms with Crippen molar-refractivity contribution in [2.45, 2.75) is 135 Å². The highest BCUT2D eigenvalue weighted by Gasteiger charge is 2.44. The molecule has 2 aromatic rings. The molecule has 0 bridgehead atoms. The number of likely N-dealkylation sites (tertiary alicyclic amines) is 1. The smallest absolute Gasteiger partial charge is 0.410 e. The first-order valence-corrected chi connectivity index (χ1v) is 23.5. The van der Waals surface area contributed by atoms with Crippen LogP contribution in [0.25, 0.3) is 0 Å². The summed E-state index contributed by atoms with van der Waals surface area (Å²) in [4.78, 5) is 145. The molecule has 2 heterocycles. The van der Waals surface area contributed by atoms with Gasteiger partial charge in [0.1, 0.15) is 23.1 Å². The van der Waals surface area contributed by atoms with Crippen LogP contribution < -0.4 is 21.7 Å². The summed E-state index contributed by atoms with van der Waals surface area (Å²) in [7, 11) is 3.10. The van der Waals surface area contributed by atoms with Crippen molar-refractivity contribution >= 4 is 58.8 Å². The highest BCUT2D eigenvalue weighted by molar-refractivity contribution is 6.38. The van der Waals surface area contributed by atoms with Crippen LogP contribution in [-0.2, 0) is 43.1 Å². The summed E-state index contributed by atoms with van der Waals surface area (Å²) >= 11 is 0. The largest absolute Gasteiger partial charge is 0.444 e. The van der Waals surface area contributed by atoms with Crippen LogP contribution >= 0.6 is 0 Å². The average molecular weight is 945 g/mol. The number of hydrogen-bond acceptors (Lipinski definition) is 13. The normalized spacial score (nSPS) is 17.9. The second-order valence-electron chi connectivity index (χ2n) is 19.0. The minimum Gasteiger partial charge on any atom is -0.444 e. The zero-order valence-electron chi connectivity index (χ0n) is 40.1. The van der Waals surface area contributed by atoms with Crippen LogP contribution in [0.4, 0.5) is 4.79 Å². The molecule has 1 aromatic carbocycles. The number of nitrogens with zero attached hydrogens (tertiary/aromatic N) is 4. The Labute approximate surface area is 397 Å². The molecule has 0 spiro atoms. The van der Waals surface area contributed by atoms with Crippen molar-refractivity contribution in [2.24, 2.45) is 29.4 Å². The number of benzene rings is 1. The van der Waals surface area contributed by atoms with Gasteiger partial charge in [-0.15, -0.1) is 0 Å². The molecule has 68 heavy (non-hydrogen) atoms. The van der Waals surface area contributed by atoms with Crippen molar-refractivity contribution in [3.63, 3.8) is 0 Å². The van der Waals surface area contributed by atoms with Crippen molar-refractivity contribution < 1.29 is 52.7 Å². The molecule has 0 radical (unpaired) electrons. The first-order chi connectivity index (χ1) is 32.2. The molecule has 4 rings (SSSR count). The predicted molar refractivity (Wildman–Crippen MR) is 248 cm³/mol. The summed E-state index contributed by atoms with van der Waals surface area (Å²) in [6.07, 6.45) is 5.84. The summed E-state index contributed by atoms with van der Waals surface area (Å²) in [5.74, 6) is -9.17. The number of nitrogens with one attached hydrogen (secondary N) is 3. The van der Waals surface area contributed by atoms with Gasteiger partial charge in [0, 0.05) is 83.5 Å². The third-order valence-corrected chi connectivity index (χ3v) is 12.3. The molecule has 2 aliphatic rings. The number of amides is 6. The number of carbonyl (C=O) groups excluding carboxylic acids is 10. The van der Waals surface area contributed by atoms with Crippen LogP contribution in [0.3, 0.4) is 0 Å². The Kier molecular flexibility index (Phi) is 20.5. The van der Waals surface area contributed by atoms with Gasteiger partial charge in [0.15, 0.2) is 11.6 Å². The molecule has 5 N–H and O–H groups in total. The van der Waals surface area contributed by atoms with Gasteiger partial charge in [-0.3, -0.25) is 48.1 Å². The summed E-state index contributed by atoms with van der Waals surface area (Å²) < 4.78 is 5.60. The summed E-state index contributed by atoms with van der Waals surface area (Å²) in [5, 5.41) is 8.34. The van der Waals surface area contributed by atoms with Crippen molar-refractivity contribution in [3.8, 4) is 0 Å². The van der Waals surface area contributed by atoms with Crippen molar-refractivity contribution in [1.82, 2.24) is 35.7 Å². The van der Waals surface area contributed by atoms with E-state index in [-0.39, 0.29) is 50.4 Å². The summed E-state index contributed by atoms with van der Waals surface area (Å²) in [6.45, 7) is 6.43. The number of ether oxygens (including phenoxy) is 1. The van der Waals surface area contributed by atoms with E-state index in [0.717, 1.165) is 19.3 Å². The lowest BCUT2D eigenvalue weighted by atomic mass is 9.80. The van der Waals surface area contributed by atoms with E-state index < -0.39 is 120 Å². The number of Topliss-reactive ketones (excluding diaryl/α,β-unsaturated/α-hetero) is 4. The molecule has 19 heteroatoms. The fourth-order valence-corrected chi connectivity index (χ4v) is 8.70. The molecular formula is C49H68N8O11. The standard InChI is InChI=1S/C49H68N8O11/c1-7-14-32(44(63)37(58)20-22-41(62)54-43(47(66)56(5)6)31-17-12-9-13-18-31)25-38(59)34-28-57(48(67)68-49(2,3)4)29-36(34)53-45(64)33(19-21-40(50)61)26-39(60)42(30-15-10-8-11-16-30)55-46(65)35-27-51-23-24-52-35/h9,12-13,17-18,23-24,27,30,32-34,36,42-43H,7-8,10-11,14-16,19-22,25-26,28-29H2,1-6H3,(H2,50,61)(H,53,64)(H,54,62)(H,55,65)/t32-,33?,34-,36+,42+,43+/m1/s1. The number of rotatable bonds is 24. The Morgan fingerprint density at radius 1 is 0.853 bits per heavy atom. The van der Waals surface area contributed by atoms with E-state index in [0.29, 0.717) is 24.8 Å². The number of primary amides is 1. The fraction of sp³-hybridized carbons (Fsp3) is 0.592. The first-order valence-electron chi connectivity index (χ1n) is 23.5. The van der Waals surface area contributed by atoms with Crippen LogP contribution in [-0.4, -0.2) is 123 Å². The molecular weight excluding hydrogens is 877 g/mol. The third-order valence-electron chi connectivity index (χ3n) is 12.3. The molecule has 6 amide bonds. The SMILES string of the molecule is CCC[C@H](CC(=O)[C@@H]1CN(C(=O)OC(C)(C)C)C[C@@H]1NC(=O)C(CCC(N)=O)CC(=O)[C@@H](NC(=O)c1cnccn1)C1CCCCC1)C(=O)C(=O)CCC(=O)N[C@H](C(=O)N(C)C)c1ccccc1. The zero-order chi connectivity index (χ0) is 50.1. The van der Waals surface area contributed by atoms with Gasteiger partial charge in [-0.25, -0.2) is 9.78 Å². The minimum absolute atomic E-state index is 0.0115. The van der Waals surface area contributed by atoms with Crippen LogP contribution in [0, 0.1) is 23.7 Å². The Balaban J connectivity index is 1.52. The predicted octanol–water partition coefficient (Wildman–Crippen LogP) is 3.59. The maximum absolute atomic E-state index is 14.3. The van der Waals surface area contributed by atoms with E-state index in [9.17, 15) is 47.9 Å². The fourth-order valence-electron chi connectivity index (χ4n) is 8.70. The van der Waals surface area contributed by atoms with Gasteiger partial charge < -0.3 is 36.2 Å². The zero-order valence-corrected chi connectivity index (χ0v) is 40.1. The second kappa shape index (κ2) is 25.7. The molecule has 6 atom stereocenters. The number of likely N-dealkylation sites (N-methyl/N-ethyl adjacent to an activating group) is 1. The molecule has 1 saturated carbocycles. The van der Waals surface area contributed by atoms with Gasteiger partial charge in [-0.1, -0.05) is 62.9 Å². The van der Waals surface area contributed by atoms with E-state index in [2.05, 4.69) is 25.9 Å². The van der Waals surface area contributed by atoms with E-state index >= 15 is 0 Å². The summed E-state index contributed by atoms with van der Waals surface area (Å²) in [5.41, 5.74) is 5.14. The van der Waals surface area contributed by atoms with Crippen LogP contribution in [0.2, 0.25) is 0 Å². The van der Waals surface area contributed by atoms with E-state index in [1.807, 2.05) is 0 Å². The van der Waals surface area contributed by atoms with Crippen LogP contribution in [0.15, 0.2) is 48.9 Å². The second-order valence-corrected chi connectivity index (χ2v) is 19.0. The summed E-state index contributed by atoms with van der Waals surface area (Å²) in [6, 6.07) is 5.56. The lowest BCUT2D eigenvalue weighted by molar-refractivity contribution is -0.141. The molecule has 1 aromatic heterocycles. The molecule has 1 unspecified atom stereocenters. The molecule has 2 fully saturated rings. The lowest BCUT2D eigenvalue weighted by Gasteiger charge is -2.31. The van der Waals surface area contributed by atoms with Gasteiger partial charge >= 0.3 is 6.09 Å². The third kappa shape index (κ3) is 16.4. The van der Waals surface area contributed by atoms with Crippen molar-refractivity contribution in [1.29, 1.82) is 0 Å². The van der Waals surface area contributed by atoms with Gasteiger partial charge in [0.2, 0.25) is 29.4 Å². The maximum atomic E-state index is 14.3. The monoisotopic (exact) mass is 945 g/mol. The highest BCUT2D eigenvalue weighted by atomic mass is 16.6. The number of carbonyl (C=O) groups is 10. The maximum Gasteiger partial charge on any atom is 0.410 e. The van der Waals surface area contributed by atoms with E-state index in [1.54, 1.807) is 72.1 Å². The first kappa shape index (κ1) is 54.2. The Morgan fingerprint density at radius 2 is 1.54 bits per heavy atom. The molecule has 1 aliphatic carbocycles. The van der Waals surface area contributed by atoms with Gasteiger partial charge in [0.05, 0.1) is 24.2 Å². The van der Waals surface area contributed by atoms with Crippen molar-refractivity contribution in [3.05, 3.63) is 60.2 Å². The Bertz CT molecular complexity index is 2120. The number of ketones is 4. The molecule has 1 saturated heterocycles. The topological polar surface area (TPSA) is 274 Å². The molecule has 370 valence electrons. The minimum atomic E-state index is -1.13. The van der Waals surface area contributed by atoms with Gasteiger partial charge in [-0.2, -0.15) is 0 Å². The van der Waals surface area contributed by atoms with Gasteiger partial charge in [0.25, 0.3) is 5.91 Å². The molecule has 1 aliphatic heterocycles. The van der Waals surface area contributed by atoms with E-state index in [1.165, 1.54) is 28.4 Å². The quantitative estimate of drug-likeness (QED) is 0.110. The Hall–Kier alpha value is -6.40. The average Bonchev–Trinajstić information content (AvgIpc) is 3.74. The highest BCUT2D eigenvalue weighted by Crippen LogP contribution is 2.30. The van der Waals surface area contributed by atoms with Crippen LogP contribution in [0.5, 0.6) is 0 Å². The lowest BCUT2D eigenvalue weighted by Crippen LogP contribution is -2.49. The number of nitrogens with two attached hydrogens (primary N) is 1. The number of aromatic nitrogens is 2. The molecule has 19 nitrogen and oxygen atoms in total. The van der Waals surface area contributed by atoms with Gasteiger partial charge in [-0.05, 0) is 57.9 Å². The van der Waals surface area contributed by atoms with Crippen LogP contribution in [0.1, 0.15) is 133 Å². The van der Waals surface area contributed by atoms with Crippen molar-refractivity contribution in [2.75, 3.05) is 27.2 Å². The Morgan fingerprint density at radius 3 is 2.15 bits per heavy atom. The van der Waals surface area contributed by atoms with E-state index in [4.69, 9.17) is 10.5 Å². The number of hydrogen-bond donors (Lipinski definition) is 4.